The number of benzene rings is 1. The Morgan fingerprint density at radius 3 is 2.44 bits per heavy atom. The summed E-state index contributed by atoms with van der Waals surface area (Å²) in [7, 11) is 0. The summed E-state index contributed by atoms with van der Waals surface area (Å²) in [6.07, 6.45) is 1.06. The number of nitrogens with zero attached hydrogens (tertiary/aromatic N) is 1. The molecule has 3 heteroatoms. The third-order valence-corrected chi connectivity index (χ3v) is 3.16. The number of aliphatic hydroxyl groups is 1. The van der Waals surface area contributed by atoms with E-state index in [0.29, 0.717) is 26.1 Å². The molecule has 0 aromatic heterocycles. The summed E-state index contributed by atoms with van der Waals surface area (Å²) < 4.78 is 5.23. The van der Waals surface area contributed by atoms with Crippen LogP contribution >= 0.6 is 0 Å². The second-order valence-electron chi connectivity index (χ2n) is 4.19. The van der Waals surface area contributed by atoms with Crippen molar-refractivity contribution in [1.29, 1.82) is 5.26 Å². The van der Waals surface area contributed by atoms with Crippen LogP contribution in [0.15, 0.2) is 30.3 Å². The molecule has 84 valence electrons. The summed E-state index contributed by atoms with van der Waals surface area (Å²) in [4.78, 5) is 0. The first kappa shape index (κ1) is 11.1. The van der Waals surface area contributed by atoms with E-state index in [1.807, 2.05) is 30.3 Å². The smallest absolute Gasteiger partial charge is 0.100 e. The van der Waals surface area contributed by atoms with Crippen molar-refractivity contribution in [1.82, 2.24) is 0 Å². The van der Waals surface area contributed by atoms with Crippen LogP contribution in [0.3, 0.4) is 0 Å². The molecule has 1 aliphatic rings. The predicted molar refractivity (Wildman–Crippen MR) is 59.8 cm³/mol. The zero-order chi connectivity index (χ0) is 11.4. The lowest BCUT2D eigenvalue weighted by molar-refractivity contribution is -0.0702. The van der Waals surface area contributed by atoms with Gasteiger partial charge >= 0.3 is 0 Å². The van der Waals surface area contributed by atoms with Gasteiger partial charge in [-0.25, -0.2) is 0 Å². The predicted octanol–water partition coefficient (Wildman–Crippen LogP) is 1.84. The van der Waals surface area contributed by atoms with Gasteiger partial charge in [0.05, 0.1) is 11.7 Å². The molecule has 0 spiro atoms. The van der Waals surface area contributed by atoms with Gasteiger partial charge in [-0.2, -0.15) is 5.26 Å². The lowest BCUT2D eigenvalue weighted by atomic mass is 9.78. The average molecular weight is 217 g/mol. The highest BCUT2D eigenvalue weighted by Gasteiger charge is 2.39. The van der Waals surface area contributed by atoms with E-state index in [9.17, 15) is 10.4 Å². The third kappa shape index (κ3) is 2.08. The van der Waals surface area contributed by atoms with Crippen LogP contribution in [0.2, 0.25) is 0 Å². The minimum absolute atomic E-state index is 0.461. The Balaban J connectivity index is 2.26. The molecule has 16 heavy (non-hydrogen) atoms. The van der Waals surface area contributed by atoms with Crippen LogP contribution in [-0.4, -0.2) is 23.9 Å². The van der Waals surface area contributed by atoms with Crippen LogP contribution in [0.25, 0.3) is 0 Å². The van der Waals surface area contributed by atoms with Crippen molar-refractivity contribution in [2.24, 2.45) is 0 Å². The van der Waals surface area contributed by atoms with E-state index in [0.717, 1.165) is 5.56 Å². The fraction of sp³-hybridized carbons (Fsp3) is 0.462. The Morgan fingerprint density at radius 2 is 1.88 bits per heavy atom. The fourth-order valence-corrected chi connectivity index (χ4v) is 2.16. The quantitative estimate of drug-likeness (QED) is 0.822. The zero-order valence-electron chi connectivity index (χ0n) is 9.10. The summed E-state index contributed by atoms with van der Waals surface area (Å²) in [6, 6.07) is 11.7. The average Bonchev–Trinajstić information content (AvgIpc) is 2.32. The SMILES string of the molecule is N#CC(c1ccccc1)C1(O)CCOCC1. The van der Waals surface area contributed by atoms with Crippen LogP contribution in [0.1, 0.15) is 24.3 Å². The molecule has 0 aliphatic carbocycles. The molecule has 2 rings (SSSR count). The molecule has 1 saturated heterocycles. The fourth-order valence-electron chi connectivity index (χ4n) is 2.16. The van der Waals surface area contributed by atoms with Gasteiger partial charge < -0.3 is 9.84 Å². The normalized spacial score (nSPS) is 21.0. The summed E-state index contributed by atoms with van der Waals surface area (Å²) in [5.74, 6) is -0.461. The topological polar surface area (TPSA) is 53.2 Å². The van der Waals surface area contributed by atoms with Crippen molar-refractivity contribution in [3.8, 4) is 6.07 Å². The van der Waals surface area contributed by atoms with Crippen molar-refractivity contribution in [3.63, 3.8) is 0 Å². The first-order valence-corrected chi connectivity index (χ1v) is 5.51. The molecule has 0 bridgehead atoms. The maximum atomic E-state index is 10.5. The highest BCUT2D eigenvalue weighted by atomic mass is 16.5. The van der Waals surface area contributed by atoms with Crippen LogP contribution in [0.5, 0.6) is 0 Å². The van der Waals surface area contributed by atoms with Crippen LogP contribution in [0.4, 0.5) is 0 Å². The van der Waals surface area contributed by atoms with Crippen LogP contribution < -0.4 is 0 Å². The van der Waals surface area contributed by atoms with E-state index < -0.39 is 11.5 Å². The molecule has 0 saturated carbocycles. The van der Waals surface area contributed by atoms with Crippen molar-refractivity contribution < 1.29 is 9.84 Å². The highest BCUT2D eigenvalue weighted by Crippen LogP contribution is 2.35. The number of rotatable bonds is 2. The van der Waals surface area contributed by atoms with Crippen molar-refractivity contribution in [3.05, 3.63) is 35.9 Å². The van der Waals surface area contributed by atoms with E-state index in [4.69, 9.17) is 4.74 Å². The third-order valence-electron chi connectivity index (χ3n) is 3.16. The molecule has 1 aromatic carbocycles. The molecule has 1 aliphatic heterocycles. The van der Waals surface area contributed by atoms with Gasteiger partial charge in [-0.15, -0.1) is 0 Å². The molecule has 0 radical (unpaired) electrons. The number of nitriles is 1. The van der Waals surface area contributed by atoms with Gasteiger partial charge in [-0.1, -0.05) is 30.3 Å². The maximum Gasteiger partial charge on any atom is 0.100 e. The summed E-state index contributed by atoms with van der Waals surface area (Å²) in [5.41, 5.74) is -0.0525. The highest BCUT2D eigenvalue weighted by molar-refractivity contribution is 5.29. The maximum absolute atomic E-state index is 10.5. The van der Waals surface area contributed by atoms with Gasteiger partial charge in [0.2, 0.25) is 0 Å². The molecule has 0 amide bonds. The molecular weight excluding hydrogens is 202 g/mol. The number of hydrogen-bond acceptors (Lipinski definition) is 3. The first-order valence-electron chi connectivity index (χ1n) is 5.51. The Hall–Kier alpha value is -1.37. The standard InChI is InChI=1S/C13H15NO2/c14-10-12(11-4-2-1-3-5-11)13(15)6-8-16-9-7-13/h1-5,12,15H,6-9H2. The Morgan fingerprint density at radius 1 is 1.25 bits per heavy atom. The Kier molecular flexibility index (Phi) is 3.23. The minimum Gasteiger partial charge on any atom is -0.388 e. The van der Waals surface area contributed by atoms with Crippen molar-refractivity contribution in [2.45, 2.75) is 24.4 Å². The summed E-state index contributed by atoms with van der Waals surface area (Å²) >= 11 is 0. The molecule has 1 atom stereocenters. The Bertz CT molecular complexity index is 377. The van der Waals surface area contributed by atoms with Crippen LogP contribution in [-0.2, 0) is 4.74 Å². The Labute approximate surface area is 95.3 Å². The molecule has 1 heterocycles. The molecule has 1 unspecified atom stereocenters. The summed E-state index contributed by atoms with van der Waals surface area (Å²) in [6.45, 7) is 1.06. The molecular formula is C13H15NO2. The second-order valence-corrected chi connectivity index (χ2v) is 4.19. The van der Waals surface area contributed by atoms with E-state index in [1.165, 1.54) is 0 Å². The monoisotopic (exact) mass is 217 g/mol. The van der Waals surface area contributed by atoms with E-state index in [-0.39, 0.29) is 0 Å². The zero-order valence-corrected chi connectivity index (χ0v) is 9.10. The molecule has 3 nitrogen and oxygen atoms in total. The lowest BCUT2D eigenvalue weighted by Gasteiger charge is -2.35. The van der Waals surface area contributed by atoms with E-state index in [1.54, 1.807) is 0 Å². The summed E-state index contributed by atoms with van der Waals surface area (Å²) in [5, 5.41) is 19.7. The number of ether oxygens (including phenoxy) is 1. The van der Waals surface area contributed by atoms with Crippen molar-refractivity contribution in [2.75, 3.05) is 13.2 Å². The minimum atomic E-state index is -0.936. The van der Waals surface area contributed by atoms with Gasteiger partial charge in [0.1, 0.15) is 5.92 Å². The lowest BCUT2D eigenvalue weighted by Crippen LogP contribution is -2.41. The molecule has 1 fully saturated rings. The van der Waals surface area contributed by atoms with E-state index >= 15 is 0 Å². The number of hydrogen-bond donors (Lipinski definition) is 1. The van der Waals surface area contributed by atoms with Crippen molar-refractivity contribution >= 4 is 0 Å². The van der Waals surface area contributed by atoms with Crippen LogP contribution in [0, 0.1) is 11.3 Å². The van der Waals surface area contributed by atoms with Gasteiger partial charge in [0.15, 0.2) is 0 Å². The first-order chi connectivity index (χ1) is 7.76. The largest absolute Gasteiger partial charge is 0.388 e. The van der Waals surface area contributed by atoms with Gasteiger partial charge in [-0.3, -0.25) is 0 Å². The molecule has 1 N–H and O–H groups in total. The second kappa shape index (κ2) is 4.65. The van der Waals surface area contributed by atoms with Gasteiger partial charge in [0, 0.05) is 26.1 Å². The van der Waals surface area contributed by atoms with Gasteiger partial charge in [-0.05, 0) is 5.56 Å². The van der Waals surface area contributed by atoms with Gasteiger partial charge in [0.25, 0.3) is 0 Å². The van der Waals surface area contributed by atoms with E-state index in [2.05, 4.69) is 6.07 Å². The molecule has 1 aromatic rings.